The average Bonchev–Trinajstić information content (AvgIpc) is 2.23. The van der Waals surface area contributed by atoms with Crippen molar-refractivity contribution in [1.29, 1.82) is 0 Å². The SMILES string of the molecule is C=C(COc1ccccc1C(C)(C)C)[B-](F)(F)F.[K+]. The molecule has 1 rings (SSSR count). The molecule has 0 saturated heterocycles. The predicted molar refractivity (Wildman–Crippen MR) is 68.9 cm³/mol. The summed E-state index contributed by atoms with van der Waals surface area (Å²) in [6, 6.07) is 7.12. The molecule has 19 heavy (non-hydrogen) atoms. The second-order valence-corrected chi connectivity index (χ2v) is 5.27. The van der Waals surface area contributed by atoms with E-state index >= 15 is 0 Å². The van der Waals surface area contributed by atoms with Crippen LogP contribution in [0.25, 0.3) is 0 Å². The van der Waals surface area contributed by atoms with Crippen LogP contribution in [0.3, 0.4) is 0 Å². The molecule has 0 N–H and O–H groups in total. The predicted octanol–water partition coefficient (Wildman–Crippen LogP) is 1.31. The molecule has 0 radical (unpaired) electrons. The van der Waals surface area contributed by atoms with Gasteiger partial charge in [-0.2, -0.15) is 0 Å². The van der Waals surface area contributed by atoms with Gasteiger partial charge in [0.05, 0.1) is 6.61 Å². The van der Waals surface area contributed by atoms with Crippen LogP contribution < -0.4 is 56.1 Å². The molecule has 0 amide bonds. The minimum absolute atomic E-state index is 0. The molecule has 0 spiro atoms. The van der Waals surface area contributed by atoms with E-state index in [9.17, 15) is 12.9 Å². The quantitative estimate of drug-likeness (QED) is 0.761. The van der Waals surface area contributed by atoms with Gasteiger partial charge in [0.2, 0.25) is 0 Å². The summed E-state index contributed by atoms with van der Waals surface area (Å²) in [5, 5.41) is 0. The molecule has 0 aliphatic heterocycles. The fourth-order valence-electron chi connectivity index (χ4n) is 1.48. The Morgan fingerprint density at radius 3 is 2.21 bits per heavy atom. The van der Waals surface area contributed by atoms with Gasteiger partial charge >= 0.3 is 58.4 Å². The van der Waals surface area contributed by atoms with Gasteiger partial charge < -0.3 is 17.7 Å². The molecule has 0 unspecified atom stereocenters. The zero-order valence-electron chi connectivity index (χ0n) is 11.8. The summed E-state index contributed by atoms with van der Waals surface area (Å²) in [7, 11) is 0. The zero-order chi connectivity index (χ0) is 14.0. The minimum atomic E-state index is -5.03. The third-order valence-electron chi connectivity index (χ3n) is 2.57. The molecule has 0 heterocycles. The summed E-state index contributed by atoms with van der Waals surface area (Å²) in [4.78, 5) is 0. The standard InChI is InChI=1S/C13H17BF3O.K/c1-10(14(15,16)17)9-18-12-8-6-5-7-11(12)13(2,3)4;/h5-8H,1,9H2,2-4H3;/q-1;+1. The second-order valence-electron chi connectivity index (χ2n) is 5.27. The van der Waals surface area contributed by atoms with E-state index in [0.717, 1.165) is 5.56 Å². The van der Waals surface area contributed by atoms with Crippen molar-refractivity contribution in [2.75, 3.05) is 6.61 Å². The Morgan fingerprint density at radius 2 is 1.74 bits per heavy atom. The zero-order valence-corrected chi connectivity index (χ0v) is 15.0. The van der Waals surface area contributed by atoms with Crippen molar-refractivity contribution in [3.05, 3.63) is 41.9 Å². The summed E-state index contributed by atoms with van der Waals surface area (Å²) < 4.78 is 42.4. The first-order chi connectivity index (χ1) is 8.12. The first-order valence-electron chi connectivity index (χ1n) is 5.72. The summed E-state index contributed by atoms with van der Waals surface area (Å²) >= 11 is 0. The molecular weight excluding hydrogens is 279 g/mol. The molecule has 1 aromatic carbocycles. The topological polar surface area (TPSA) is 9.23 Å². The van der Waals surface area contributed by atoms with E-state index in [2.05, 4.69) is 6.58 Å². The summed E-state index contributed by atoms with van der Waals surface area (Å²) in [5.41, 5.74) is -0.118. The Balaban J connectivity index is 0.00000324. The number of para-hydroxylation sites is 1. The Labute approximate surface area is 155 Å². The third kappa shape index (κ3) is 6.04. The van der Waals surface area contributed by atoms with Crippen LogP contribution in [0, 0.1) is 0 Å². The molecule has 0 aliphatic rings. The van der Waals surface area contributed by atoms with E-state index in [4.69, 9.17) is 4.74 Å². The Morgan fingerprint density at radius 1 is 1.21 bits per heavy atom. The molecule has 0 atom stereocenters. The van der Waals surface area contributed by atoms with E-state index in [1.807, 2.05) is 32.9 Å². The van der Waals surface area contributed by atoms with E-state index in [-0.39, 0.29) is 56.8 Å². The number of halogens is 3. The van der Waals surface area contributed by atoms with Crippen LogP contribution in [-0.4, -0.2) is 13.6 Å². The van der Waals surface area contributed by atoms with Crippen molar-refractivity contribution in [3.8, 4) is 5.75 Å². The van der Waals surface area contributed by atoms with E-state index in [0.29, 0.717) is 5.75 Å². The number of ether oxygens (including phenoxy) is 1. The number of hydrogen-bond donors (Lipinski definition) is 0. The van der Waals surface area contributed by atoms with Crippen LogP contribution in [0.1, 0.15) is 26.3 Å². The van der Waals surface area contributed by atoms with Crippen molar-refractivity contribution < 1.29 is 69.1 Å². The van der Waals surface area contributed by atoms with Crippen LogP contribution in [0.15, 0.2) is 36.3 Å². The maximum Gasteiger partial charge on any atom is 1.00 e. The molecule has 1 aromatic rings. The summed E-state index contributed by atoms with van der Waals surface area (Å²) in [5.74, 6) is 0.478. The van der Waals surface area contributed by atoms with Crippen LogP contribution in [0.4, 0.5) is 12.9 Å². The van der Waals surface area contributed by atoms with Gasteiger partial charge in [0.15, 0.2) is 0 Å². The van der Waals surface area contributed by atoms with Crippen molar-refractivity contribution in [2.45, 2.75) is 26.2 Å². The average molecular weight is 296 g/mol. The van der Waals surface area contributed by atoms with Crippen LogP contribution in [-0.2, 0) is 5.41 Å². The Bertz CT molecular complexity index is 438. The van der Waals surface area contributed by atoms with E-state index < -0.39 is 19.1 Å². The van der Waals surface area contributed by atoms with Gasteiger partial charge in [-0.05, 0) is 17.0 Å². The van der Waals surface area contributed by atoms with Crippen LogP contribution in [0.2, 0.25) is 0 Å². The fourth-order valence-corrected chi connectivity index (χ4v) is 1.48. The summed E-state index contributed by atoms with van der Waals surface area (Å²) in [6.45, 7) is 3.41. The molecule has 100 valence electrons. The van der Waals surface area contributed by atoms with Gasteiger partial charge in [0, 0.05) is 0 Å². The number of rotatable bonds is 4. The second kappa shape index (κ2) is 7.31. The smallest absolute Gasteiger partial charge is 0.492 e. The van der Waals surface area contributed by atoms with Crippen LogP contribution >= 0.6 is 0 Å². The van der Waals surface area contributed by atoms with E-state index in [1.54, 1.807) is 12.1 Å². The Hall–Kier alpha value is 0.251. The maximum atomic E-state index is 12.4. The monoisotopic (exact) mass is 296 g/mol. The largest absolute Gasteiger partial charge is 1.00 e. The van der Waals surface area contributed by atoms with Crippen LogP contribution in [0.5, 0.6) is 5.75 Å². The molecule has 0 bridgehead atoms. The van der Waals surface area contributed by atoms with Crippen molar-refractivity contribution >= 4 is 6.98 Å². The molecule has 0 aliphatic carbocycles. The van der Waals surface area contributed by atoms with Gasteiger partial charge in [-0.25, -0.2) is 0 Å². The normalized spacial score (nSPS) is 11.7. The molecular formula is C13H17BF3KO. The van der Waals surface area contributed by atoms with E-state index in [1.165, 1.54) is 0 Å². The van der Waals surface area contributed by atoms with Gasteiger partial charge in [-0.3, -0.25) is 0 Å². The van der Waals surface area contributed by atoms with Crippen molar-refractivity contribution in [3.63, 3.8) is 0 Å². The molecule has 1 nitrogen and oxygen atoms in total. The first-order valence-corrected chi connectivity index (χ1v) is 5.72. The van der Waals surface area contributed by atoms with Gasteiger partial charge in [0.25, 0.3) is 0 Å². The maximum absolute atomic E-state index is 12.4. The molecule has 0 saturated carbocycles. The van der Waals surface area contributed by atoms with Gasteiger partial charge in [0.1, 0.15) is 5.75 Å². The van der Waals surface area contributed by atoms with Crippen molar-refractivity contribution in [1.82, 2.24) is 0 Å². The first kappa shape index (κ1) is 19.3. The molecule has 0 aromatic heterocycles. The minimum Gasteiger partial charge on any atom is -0.492 e. The number of benzene rings is 1. The van der Waals surface area contributed by atoms with Gasteiger partial charge in [-0.1, -0.05) is 39.0 Å². The molecule has 6 heteroatoms. The summed E-state index contributed by atoms with van der Waals surface area (Å²) in [6.07, 6.45) is 0. The van der Waals surface area contributed by atoms with Crippen molar-refractivity contribution in [2.24, 2.45) is 0 Å². The number of hydrogen-bond acceptors (Lipinski definition) is 1. The molecule has 0 fully saturated rings. The fraction of sp³-hybridized carbons (Fsp3) is 0.385. The Kier molecular flexibility index (Phi) is 7.41. The third-order valence-corrected chi connectivity index (χ3v) is 2.57. The van der Waals surface area contributed by atoms with Gasteiger partial charge in [-0.15, -0.1) is 12.1 Å².